The number of methoxy groups -OCH3 is 2. The van der Waals surface area contributed by atoms with E-state index in [9.17, 15) is 4.79 Å². The lowest BCUT2D eigenvalue weighted by Crippen LogP contribution is -2.13. The summed E-state index contributed by atoms with van der Waals surface area (Å²) in [5.74, 6) is 2.46. The summed E-state index contributed by atoms with van der Waals surface area (Å²) in [4.78, 5) is 12.4. The second-order valence-electron chi connectivity index (χ2n) is 6.06. The Labute approximate surface area is 163 Å². The van der Waals surface area contributed by atoms with Crippen LogP contribution < -0.4 is 24.3 Å². The van der Waals surface area contributed by atoms with E-state index in [2.05, 4.69) is 5.32 Å². The topological polar surface area (TPSA) is 66.0 Å². The third-order valence-corrected chi connectivity index (χ3v) is 4.53. The smallest absolute Gasteiger partial charge is 0.224 e. The van der Waals surface area contributed by atoms with E-state index in [1.54, 1.807) is 26.4 Å². The molecule has 0 fully saturated rings. The number of amides is 1. The minimum atomic E-state index is -0.156. The molecular formula is C20H22ClNO5. The molecule has 1 aliphatic heterocycles. The maximum atomic E-state index is 12.4. The first-order chi connectivity index (χ1) is 13.1. The SMILES string of the molecule is COc1ccc(OC)c(CCC(=O)Nc2cc3c(cc2Cl)OCCCO3)c1. The number of rotatable bonds is 6. The molecular weight excluding hydrogens is 370 g/mol. The Morgan fingerprint density at radius 3 is 2.56 bits per heavy atom. The molecule has 0 saturated heterocycles. The predicted molar refractivity (Wildman–Crippen MR) is 104 cm³/mol. The van der Waals surface area contributed by atoms with Gasteiger partial charge in [-0.15, -0.1) is 0 Å². The van der Waals surface area contributed by atoms with Gasteiger partial charge in [-0.05, 0) is 30.2 Å². The third kappa shape index (κ3) is 4.77. The van der Waals surface area contributed by atoms with Gasteiger partial charge >= 0.3 is 0 Å². The van der Waals surface area contributed by atoms with E-state index in [-0.39, 0.29) is 12.3 Å². The number of ether oxygens (including phenoxy) is 4. The van der Waals surface area contributed by atoms with Crippen LogP contribution in [0.25, 0.3) is 0 Å². The summed E-state index contributed by atoms with van der Waals surface area (Å²) >= 11 is 6.28. The van der Waals surface area contributed by atoms with Crippen molar-refractivity contribution in [2.75, 3.05) is 32.8 Å². The van der Waals surface area contributed by atoms with Crippen molar-refractivity contribution in [2.45, 2.75) is 19.3 Å². The zero-order valence-corrected chi connectivity index (χ0v) is 16.1. The molecule has 0 aromatic heterocycles. The first-order valence-electron chi connectivity index (χ1n) is 8.70. The Kier molecular flexibility index (Phi) is 6.29. The monoisotopic (exact) mass is 391 g/mol. The van der Waals surface area contributed by atoms with Crippen molar-refractivity contribution in [3.8, 4) is 23.0 Å². The van der Waals surface area contributed by atoms with Crippen LogP contribution in [0.15, 0.2) is 30.3 Å². The largest absolute Gasteiger partial charge is 0.497 e. The zero-order chi connectivity index (χ0) is 19.2. The van der Waals surface area contributed by atoms with Gasteiger partial charge in [0.1, 0.15) is 11.5 Å². The molecule has 0 radical (unpaired) electrons. The molecule has 0 atom stereocenters. The molecule has 1 N–H and O–H groups in total. The lowest BCUT2D eigenvalue weighted by molar-refractivity contribution is -0.116. The molecule has 1 aliphatic rings. The molecule has 0 unspecified atom stereocenters. The fourth-order valence-corrected chi connectivity index (χ4v) is 3.02. The molecule has 1 amide bonds. The van der Waals surface area contributed by atoms with Gasteiger partial charge in [-0.2, -0.15) is 0 Å². The Balaban J connectivity index is 1.67. The number of benzene rings is 2. The average Bonchev–Trinajstić information content (AvgIpc) is 2.91. The van der Waals surface area contributed by atoms with Crippen molar-refractivity contribution in [3.05, 3.63) is 40.9 Å². The van der Waals surface area contributed by atoms with E-state index in [0.29, 0.717) is 41.8 Å². The predicted octanol–water partition coefficient (Wildman–Crippen LogP) is 4.09. The molecule has 1 heterocycles. The summed E-state index contributed by atoms with van der Waals surface area (Å²) in [6.07, 6.45) is 1.58. The third-order valence-electron chi connectivity index (χ3n) is 4.22. The number of fused-ring (bicyclic) bond motifs is 1. The highest BCUT2D eigenvalue weighted by atomic mass is 35.5. The summed E-state index contributed by atoms with van der Waals surface area (Å²) in [5.41, 5.74) is 1.40. The molecule has 3 rings (SSSR count). The van der Waals surface area contributed by atoms with E-state index < -0.39 is 0 Å². The number of carbonyl (C=O) groups is 1. The zero-order valence-electron chi connectivity index (χ0n) is 15.3. The van der Waals surface area contributed by atoms with Gasteiger partial charge in [0.15, 0.2) is 11.5 Å². The normalized spacial score (nSPS) is 12.9. The molecule has 27 heavy (non-hydrogen) atoms. The Hall–Kier alpha value is -2.60. The number of anilines is 1. The van der Waals surface area contributed by atoms with E-state index in [0.717, 1.165) is 23.5 Å². The first-order valence-corrected chi connectivity index (χ1v) is 9.08. The molecule has 0 bridgehead atoms. The van der Waals surface area contributed by atoms with Gasteiger partial charge in [0.05, 0.1) is 38.1 Å². The van der Waals surface area contributed by atoms with Crippen LogP contribution in [-0.4, -0.2) is 33.3 Å². The summed E-state index contributed by atoms with van der Waals surface area (Å²) in [6, 6.07) is 8.88. The molecule has 0 saturated carbocycles. The lowest BCUT2D eigenvalue weighted by atomic mass is 10.1. The summed E-state index contributed by atoms with van der Waals surface area (Å²) < 4.78 is 21.8. The van der Waals surface area contributed by atoms with Crippen LogP contribution in [0.5, 0.6) is 23.0 Å². The van der Waals surface area contributed by atoms with Gasteiger partial charge in [-0.1, -0.05) is 11.6 Å². The minimum Gasteiger partial charge on any atom is -0.497 e. The van der Waals surface area contributed by atoms with Crippen molar-refractivity contribution in [3.63, 3.8) is 0 Å². The summed E-state index contributed by atoms with van der Waals surface area (Å²) in [7, 11) is 3.20. The lowest BCUT2D eigenvalue weighted by Gasteiger charge is -2.13. The van der Waals surface area contributed by atoms with E-state index >= 15 is 0 Å². The quantitative estimate of drug-likeness (QED) is 0.803. The van der Waals surface area contributed by atoms with Crippen molar-refractivity contribution >= 4 is 23.2 Å². The van der Waals surface area contributed by atoms with Crippen molar-refractivity contribution in [1.82, 2.24) is 0 Å². The van der Waals surface area contributed by atoms with Crippen LogP contribution in [0, 0.1) is 0 Å². The average molecular weight is 392 g/mol. The minimum absolute atomic E-state index is 0.156. The van der Waals surface area contributed by atoms with Gasteiger partial charge in [0, 0.05) is 25.0 Å². The van der Waals surface area contributed by atoms with Gasteiger partial charge in [0.25, 0.3) is 0 Å². The van der Waals surface area contributed by atoms with Crippen LogP contribution in [-0.2, 0) is 11.2 Å². The molecule has 6 nitrogen and oxygen atoms in total. The summed E-state index contributed by atoms with van der Waals surface area (Å²) in [5, 5.41) is 3.25. The van der Waals surface area contributed by atoms with E-state index in [1.807, 2.05) is 18.2 Å². The van der Waals surface area contributed by atoms with Crippen LogP contribution >= 0.6 is 11.6 Å². The molecule has 0 spiro atoms. The number of carbonyl (C=O) groups excluding carboxylic acids is 1. The standard InChI is InChI=1S/C20H22ClNO5/c1-24-14-5-6-17(25-2)13(10-14)4-7-20(23)22-16-12-19-18(11-15(16)21)26-8-3-9-27-19/h5-6,10-12H,3-4,7-9H2,1-2H3,(H,22,23). The maximum Gasteiger partial charge on any atom is 0.224 e. The van der Waals surface area contributed by atoms with Gasteiger partial charge in [-0.3, -0.25) is 4.79 Å². The van der Waals surface area contributed by atoms with Crippen LogP contribution in [0.3, 0.4) is 0 Å². The van der Waals surface area contributed by atoms with Crippen molar-refractivity contribution in [1.29, 1.82) is 0 Å². The van der Waals surface area contributed by atoms with Crippen molar-refractivity contribution < 1.29 is 23.7 Å². The van der Waals surface area contributed by atoms with Crippen LogP contribution in [0.1, 0.15) is 18.4 Å². The fourth-order valence-electron chi connectivity index (χ4n) is 2.82. The number of hydrogen-bond acceptors (Lipinski definition) is 5. The molecule has 0 aliphatic carbocycles. The molecule has 7 heteroatoms. The van der Waals surface area contributed by atoms with Gasteiger partial charge in [0.2, 0.25) is 5.91 Å². The summed E-state index contributed by atoms with van der Waals surface area (Å²) in [6.45, 7) is 1.15. The Morgan fingerprint density at radius 1 is 1.11 bits per heavy atom. The van der Waals surface area contributed by atoms with Crippen LogP contribution in [0.4, 0.5) is 5.69 Å². The first kappa shape index (κ1) is 19.2. The van der Waals surface area contributed by atoms with Gasteiger partial charge in [-0.25, -0.2) is 0 Å². The van der Waals surface area contributed by atoms with E-state index in [4.69, 9.17) is 30.5 Å². The number of halogens is 1. The second-order valence-corrected chi connectivity index (χ2v) is 6.46. The van der Waals surface area contributed by atoms with Crippen molar-refractivity contribution in [2.24, 2.45) is 0 Å². The highest BCUT2D eigenvalue weighted by Gasteiger charge is 2.16. The Morgan fingerprint density at radius 2 is 1.85 bits per heavy atom. The Bertz CT molecular complexity index is 824. The molecule has 2 aromatic rings. The highest BCUT2D eigenvalue weighted by molar-refractivity contribution is 6.34. The number of aryl methyl sites for hydroxylation is 1. The molecule has 144 valence electrons. The van der Waals surface area contributed by atoms with Gasteiger partial charge < -0.3 is 24.3 Å². The fraction of sp³-hybridized carbons (Fsp3) is 0.350. The molecule has 2 aromatic carbocycles. The number of nitrogens with one attached hydrogen (secondary N) is 1. The second kappa shape index (κ2) is 8.86. The number of hydrogen-bond donors (Lipinski definition) is 1. The highest BCUT2D eigenvalue weighted by Crippen LogP contribution is 2.37. The maximum absolute atomic E-state index is 12.4. The van der Waals surface area contributed by atoms with E-state index in [1.165, 1.54) is 0 Å². The van der Waals surface area contributed by atoms with Crippen LogP contribution in [0.2, 0.25) is 5.02 Å².